The molecule has 458 valence electrons. The van der Waals surface area contributed by atoms with E-state index in [1.54, 1.807) is 0 Å². The number of ether oxygens (including phenoxy) is 4. The molecule has 14 nitrogen and oxygen atoms in total. The molecule has 9 N–H and O–H groups in total. The Kier molecular flexibility index (Phi) is 46.4. The molecule has 0 aliphatic carbocycles. The molecule has 0 radical (unpaired) electrons. The Morgan fingerprint density at radius 2 is 0.740 bits per heavy atom. The van der Waals surface area contributed by atoms with Crippen LogP contribution >= 0.6 is 0 Å². The predicted octanol–water partition coefficient (Wildman–Crippen LogP) is 12.1. The fraction of sp³-hybridized carbons (Fsp3) is 0.984. The van der Waals surface area contributed by atoms with E-state index in [0.29, 0.717) is 12.8 Å². The second-order valence-corrected chi connectivity index (χ2v) is 23.6. The Bertz CT molecular complexity index is 1300. The fourth-order valence-corrected chi connectivity index (χ4v) is 11.3. The second-order valence-electron chi connectivity index (χ2n) is 23.6. The number of carbonyl (C=O) groups excluding carboxylic acids is 1. The average Bonchev–Trinajstić information content (AvgIpc) is 3.43. The van der Waals surface area contributed by atoms with Crippen molar-refractivity contribution in [1.29, 1.82) is 0 Å². The zero-order valence-corrected chi connectivity index (χ0v) is 49.5. The van der Waals surface area contributed by atoms with Gasteiger partial charge in [-0.2, -0.15) is 0 Å². The molecule has 2 rings (SSSR count). The number of hydrogen-bond acceptors (Lipinski definition) is 13. The van der Waals surface area contributed by atoms with Crippen molar-refractivity contribution in [2.24, 2.45) is 0 Å². The van der Waals surface area contributed by atoms with Crippen molar-refractivity contribution in [3.05, 3.63) is 0 Å². The maximum absolute atomic E-state index is 13.3. The molecule has 2 aliphatic rings. The number of nitrogens with one attached hydrogen (secondary N) is 1. The molecule has 0 aromatic rings. The molecule has 0 saturated carbocycles. The van der Waals surface area contributed by atoms with E-state index in [2.05, 4.69) is 19.2 Å². The van der Waals surface area contributed by atoms with Crippen molar-refractivity contribution in [2.45, 2.75) is 376 Å². The van der Waals surface area contributed by atoms with Gasteiger partial charge in [-0.05, 0) is 12.8 Å². The molecule has 12 atom stereocenters. The highest BCUT2D eigenvalue weighted by molar-refractivity contribution is 5.76. The van der Waals surface area contributed by atoms with Gasteiger partial charge in [0.2, 0.25) is 5.91 Å². The summed E-state index contributed by atoms with van der Waals surface area (Å²) in [7, 11) is 0. The van der Waals surface area contributed by atoms with E-state index in [1.807, 2.05) is 0 Å². The van der Waals surface area contributed by atoms with E-state index in [9.17, 15) is 45.6 Å². The van der Waals surface area contributed by atoms with Gasteiger partial charge in [-0.1, -0.05) is 284 Å². The van der Waals surface area contributed by atoms with Gasteiger partial charge in [0.05, 0.1) is 32.0 Å². The van der Waals surface area contributed by atoms with Gasteiger partial charge in [0, 0.05) is 6.42 Å². The lowest BCUT2D eigenvalue weighted by molar-refractivity contribution is -0.359. The highest BCUT2D eigenvalue weighted by atomic mass is 16.7. The second kappa shape index (κ2) is 49.6. The third-order valence-electron chi connectivity index (χ3n) is 16.6. The van der Waals surface area contributed by atoms with Crippen molar-refractivity contribution in [1.82, 2.24) is 5.32 Å². The monoisotopic (exact) mass is 1100 g/mol. The summed E-state index contributed by atoms with van der Waals surface area (Å²) in [6.45, 7) is 2.91. The summed E-state index contributed by atoms with van der Waals surface area (Å²) < 4.78 is 22.9. The normalized spacial score (nSPS) is 24.6. The first-order chi connectivity index (χ1) is 37.6. The van der Waals surface area contributed by atoms with Crippen LogP contribution in [0.5, 0.6) is 0 Å². The van der Waals surface area contributed by atoms with Gasteiger partial charge in [0.15, 0.2) is 12.6 Å². The number of aliphatic hydroxyl groups is 8. The van der Waals surface area contributed by atoms with Crippen LogP contribution in [0.3, 0.4) is 0 Å². The molecule has 0 aromatic carbocycles. The Morgan fingerprint density at radius 1 is 0.416 bits per heavy atom. The first kappa shape index (κ1) is 72.1. The van der Waals surface area contributed by atoms with Crippen LogP contribution in [0.4, 0.5) is 0 Å². The summed E-state index contributed by atoms with van der Waals surface area (Å²) in [5.74, 6) is -0.199. The van der Waals surface area contributed by atoms with E-state index in [4.69, 9.17) is 18.9 Å². The van der Waals surface area contributed by atoms with Crippen molar-refractivity contribution in [2.75, 3.05) is 19.8 Å². The Morgan fingerprint density at radius 3 is 1.10 bits per heavy atom. The SMILES string of the molecule is CCCCCCCCCCCCCCCCCCCCCCCCCCCCCC(=O)N[C@@H](CO[C@@H]1O[C@H](CO)[C@@H](O[C@@H]2O[C@H](CO)[C@H](O)C(O)C2O)C(O)C1O)[C@H](O)CCCCCCCCCCCCCCCCCC. The van der Waals surface area contributed by atoms with Crippen LogP contribution in [0.15, 0.2) is 0 Å². The predicted molar refractivity (Wildman–Crippen MR) is 309 cm³/mol. The number of unbranched alkanes of at least 4 members (excludes halogenated alkanes) is 41. The Balaban J connectivity index is 1.67. The molecule has 2 heterocycles. The van der Waals surface area contributed by atoms with E-state index in [0.717, 1.165) is 51.4 Å². The first-order valence-electron chi connectivity index (χ1n) is 32.8. The van der Waals surface area contributed by atoms with Gasteiger partial charge in [0.1, 0.15) is 48.8 Å². The van der Waals surface area contributed by atoms with Crippen LogP contribution in [-0.4, -0.2) is 140 Å². The molecule has 14 heteroatoms. The van der Waals surface area contributed by atoms with Crippen LogP contribution in [0.2, 0.25) is 0 Å². The van der Waals surface area contributed by atoms with E-state index in [1.165, 1.54) is 225 Å². The summed E-state index contributed by atoms with van der Waals surface area (Å²) in [6.07, 6.45) is 39.7. The Hall–Kier alpha value is -1.01. The van der Waals surface area contributed by atoms with Gasteiger partial charge >= 0.3 is 0 Å². The minimum absolute atomic E-state index is 0.199. The fourth-order valence-electron chi connectivity index (χ4n) is 11.3. The number of aliphatic hydroxyl groups excluding tert-OH is 8. The average molecular weight is 1100 g/mol. The van der Waals surface area contributed by atoms with Gasteiger partial charge in [-0.15, -0.1) is 0 Å². The minimum atomic E-state index is -1.78. The molecule has 2 aliphatic heterocycles. The molecule has 0 bridgehead atoms. The third kappa shape index (κ3) is 34.9. The van der Waals surface area contributed by atoms with Crippen LogP contribution in [0, 0.1) is 0 Å². The summed E-state index contributed by atoms with van der Waals surface area (Å²) in [4.78, 5) is 13.3. The smallest absolute Gasteiger partial charge is 0.220 e. The summed E-state index contributed by atoms with van der Waals surface area (Å²) in [5.41, 5.74) is 0. The topological polar surface area (TPSA) is 228 Å². The molecule has 2 saturated heterocycles. The summed E-state index contributed by atoms with van der Waals surface area (Å²) >= 11 is 0. The highest BCUT2D eigenvalue weighted by Gasteiger charge is 2.51. The molecular formula is C63H123NO13. The molecule has 1 amide bonds. The minimum Gasteiger partial charge on any atom is -0.394 e. The molecule has 0 spiro atoms. The van der Waals surface area contributed by atoms with Crippen molar-refractivity contribution in [3.63, 3.8) is 0 Å². The Labute approximate surface area is 470 Å². The summed E-state index contributed by atoms with van der Waals surface area (Å²) in [5, 5.41) is 87.4. The molecule has 77 heavy (non-hydrogen) atoms. The summed E-state index contributed by atoms with van der Waals surface area (Å²) in [6, 6.07) is -0.823. The third-order valence-corrected chi connectivity index (χ3v) is 16.6. The van der Waals surface area contributed by atoms with Crippen LogP contribution in [0.1, 0.15) is 303 Å². The van der Waals surface area contributed by atoms with E-state index in [-0.39, 0.29) is 12.5 Å². The lowest BCUT2D eigenvalue weighted by Crippen LogP contribution is -2.65. The van der Waals surface area contributed by atoms with E-state index >= 15 is 0 Å². The van der Waals surface area contributed by atoms with Crippen molar-refractivity contribution < 1.29 is 64.6 Å². The van der Waals surface area contributed by atoms with Crippen LogP contribution < -0.4 is 5.32 Å². The van der Waals surface area contributed by atoms with Gasteiger partial charge in [-0.3, -0.25) is 4.79 Å². The van der Waals surface area contributed by atoms with Crippen molar-refractivity contribution in [3.8, 4) is 0 Å². The molecule has 4 unspecified atom stereocenters. The molecule has 2 fully saturated rings. The number of rotatable bonds is 54. The number of carbonyl (C=O) groups is 1. The molecular weight excluding hydrogens is 979 g/mol. The molecule has 0 aromatic heterocycles. The lowest BCUT2D eigenvalue weighted by Gasteiger charge is -2.46. The van der Waals surface area contributed by atoms with Gasteiger partial charge in [0.25, 0.3) is 0 Å². The maximum atomic E-state index is 13.3. The van der Waals surface area contributed by atoms with Crippen LogP contribution in [-0.2, 0) is 23.7 Å². The van der Waals surface area contributed by atoms with Gasteiger partial charge < -0.3 is 65.1 Å². The number of hydrogen-bond donors (Lipinski definition) is 9. The van der Waals surface area contributed by atoms with E-state index < -0.39 is 86.8 Å². The largest absolute Gasteiger partial charge is 0.394 e. The highest BCUT2D eigenvalue weighted by Crippen LogP contribution is 2.30. The standard InChI is InChI=1S/C63H123NO13/c1-3-5-7-9-11-13-15-17-19-21-22-23-24-25-26-27-28-29-30-31-33-35-37-39-41-43-45-47-55(68)64-51(52(67)46-44-42-40-38-36-34-32-20-18-16-14-12-10-8-6-4-2)50-74-62-60(73)58(71)61(54(49-66)76-62)77-63-59(72)57(70)56(69)53(48-65)75-63/h51-54,56-63,65-67,69-73H,3-50H2,1-2H3,(H,64,68)/t51-,52+,53+,54+,56-,57?,58?,59?,60?,61+,62+,63-/m0/s1. The maximum Gasteiger partial charge on any atom is 0.220 e. The zero-order valence-electron chi connectivity index (χ0n) is 49.5. The zero-order chi connectivity index (χ0) is 56.0. The lowest BCUT2D eigenvalue weighted by atomic mass is 9.97. The quantitative estimate of drug-likeness (QED) is 0.0259. The first-order valence-corrected chi connectivity index (χ1v) is 32.8. The van der Waals surface area contributed by atoms with Crippen LogP contribution in [0.25, 0.3) is 0 Å². The van der Waals surface area contributed by atoms with Crippen molar-refractivity contribution >= 4 is 5.91 Å². The van der Waals surface area contributed by atoms with Gasteiger partial charge in [-0.25, -0.2) is 0 Å². The number of amides is 1.